The smallest absolute Gasteiger partial charge is 0.0918 e. The Morgan fingerprint density at radius 2 is 1.59 bits per heavy atom. The summed E-state index contributed by atoms with van der Waals surface area (Å²) >= 11 is 3.46. The van der Waals surface area contributed by atoms with Crippen molar-refractivity contribution in [2.24, 2.45) is 5.16 Å². The maximum atomic E-state index is 8.05. The van der Waals surface area contributed by atoms with Gasteiger partial charge in [-0.3, -0.25) is 4.98 Å². The minimum atomic E-state index is 0.653. The highest BCUT2D eigenvalue weighted by Crippen LogP contribution is 2.10. The van der Waals surface area contributed by atoms with Crippen molar-refractivity contribution >= 4 is 22.1 Å². The van der Waals surface area contributed by atoms with E-state index in [-0.39, 0.29) is 0 Å². The highest BCUT2D eigenvalue weighted by molar-refractivity contribution is 9.09. The van der Waals surface area contributed by atoms with Crippen molar-refractivity contribution in [2.75, 3.05) is 5.33 Å². The lowest BCUT2D eigenvalue weighted by atomic mass is 10.1. The molecule has 4 heteroatoms. The standard InChI is InChI=1S/C12H25Br.C6H6N2O/c1-2-3-4-5-6-7-8-9-10-11-12-13;9-8-5-6-3-1-2-4-7-6/h2-12H2,1H3;1-5,9H/b;8-5-. The van der Waals surface area contributed by atoms with Crippen LogP contribution in [0.25, 0.3) is 0 Å². The van der Waals surface area contributed by atoms with Crippen molar-refractivity contribution in [2.45, 2.75) is 71.1 Å². The fourth-order valence-electron chi connectivity index (χ4n) is 2.09. The quantitative estimate of drug-likeness (QED) is 0.166. The maximum Gasteiger partial charge on any atom is 0.0918 e. The van der Waals surface area contributed by atoms with Crippen LogP contribution in [0, 0.1) is 0 Å². The Morgan fingerprint density at radius 3 is 2.05 bits per heavy atom. The van der Waals surface area contributed by atoms with Crippen LogP contribution in [0.15, 0.2) is 29.6 Å². The van der Waals surface area contributed by atoms with Crippen molar-refractivity contribution in [3.8, 4) is 0 Å². The van der Waals surface area contributed by atoms with Crippen molar-refractivity contribution < 1.29 is 5.21 Å². The summed E-state index contributed by atoms with van der Waals surface area (Å²) in [6.45, 7) is 2.28. The van der Waals surface area contributed by atoms with E-state index in [4.69, 9.17) is 5.21 Å². The molecule has 1 heterocycles. The SMILES string of the molecule is CCCCCCCCCCCCBr.O/N=C\c1ccccn1. The molecule has 1 aromatic rings. The second-order valence-electron chi connectivity index (χ2n) is 5.37. The van der Waals surface area contributed by atoms with Gasteiger partial charge in [-0.15, -0.1) is 0 Å². The molecule has 0 aliphatic carbocycles. The Kier molecular flexibility index (Phi) is 17.4. The maximum absolute atomic E-state index is 8.05. The molecule has 0 aliphatic heterocycles. The van der Waals surface area contributed by atoms with E-state index in [0.717, 1.165) is 0 Å². The first kappa shape index (κ1) is 21.1. The predicted molar refractivity (Wildman–Crippen MR) is 99.3 cm³/mol. The van der Waals surface area contributed by atoms with Gasteiger partial charge < -0.3 is 5.21 Å². The summed E-state index contributed by atoms with van der Waals surface area (Å²) in [4.78, 5) is 3.86. The molecule has 1 aromatic heterocycles. The fourth-order valence-corrected chi connectivity index (χ4v) is 2.49. The lowest BCUT2D eigenvalue weighted by Gasteiger charge is -2.00. The Labute approximate surface area is 144 Å². The molecule has 0 spiro atoms. The zero-order valence-electron chi connectivity index (χ0n) is 13.9. The number of nitrogens with zero attached hydrogens (tertiary/aromatic N) is 2. The number of rotatable bonds is 11. The molecule has 0 amide bonds. The van der Waals surface area contributed by atoms with E-state index in [2.05, 4.69) is 33.0 Å². The molecule has 0 saturated heterocycles. The molecule has 0 bridgehead atoms. The summed E-state index contributed by atoms with van der Waals surface area (Å²) < 4.78 is 0. The normalized spacial score (nSPS) is 10.5. The second-order valence-corrected chi connectivity index (χ2v) is 6.16. The van der Waals surface area contributed by atoms with Gasteiger partial charge in [0.15, 0.2) is 0 Å². The first-order valence-electron chi connectivity index (χ1n) is 8.49. The molecule has 0 aromatic carbocycles. The third kappa shape index (κ3) is 15.5. The largest absolute Gasteiger partial charge is 0.411 e. The summed E-state index contributed by atoms with van der Waals surface area (Å²) in [5, 5.41) is 12.1. The molecule has 0 fully saturated rings. The molecule has 0 aliphatic rings. The number of pyridine rings is 1. The molecule has 1 N–H and O–H groups in total. The summed E-state index contributed by atoms with van der Waals surface area (Å²) in [5.41, 5.74) is 0.653. The van der Waals surface area contributed by atoms with Gasteiger partial charge in [0.1, 0.15) is 0 Å². The van der Waals surface area contributed by atoms with Crippen LogP contribution >= 0.6 is 15.9 Å². The number of hydrogen-bond acceptors (Lipinski definition) is 3. The number of oxime groups is 1. The Morgan fingerprint density at radius 1 is 1.00 bits per heavy atom. The number of alkyl halides is 1. The van der Waals surface area contributed by atoms with E-state index < -0.39 is 0 Å². The van der Waals surface area contributed by atoms with Crippen molar-refractivity contribution in [1.29, 1.82) is 0 Å². The van der Waals surface area contributed by atoms with Crippen LogP contribution in [0.3, 0.4) is 0 Å². The van der Waals surface area contributed by atoms with Gasteiger partial charge >= 0.3 is 0 Å². The Bertz CT molecular complexity index is 334. The first-order chi connectivity index (χ1) is 10.8. The lowest BCUT2D eigenvalue weighted by Crippen LogP contribution is -1.83. The van der Waals surface area contributed by atoms with Crippen molar-refractivity contribution in [1.82, 2.24) is 4.98 Å². The minimum Gasteiger partial charge on any atom is -0.411 e. The number of aromatic nitrogens is 1. The van der Waals surface area contributed by atoms with Crippen molar-refractivity contribution in [3.05, 3.63) is 30.1 Å². The van der Waals surface area contributed by atoms with Crippen LogP contribution in [-0.4, -0.2) is 21.7 Å². The molecule has 126 valence electrons. The molecule has 0 unspecified atom stereocenters. The number of unbranched alkanes of at least 4 members (excludes halogenated alkanes) is 9. The minimum absolute atomic E-state index is 0.653. The average Bonchev–Trinajstić information content (AvgIpc) is 2.55. The van der Waals surface area contributed by atoms with E-state index in [0.29, 0.717) is 5.69 Å². The average molecular weight is 371 g/mol. The van der Waals surface area contributed by atoms with Crippen LogP contribution in [0.2, 0.25) is 0 Å². The van der Waals surface area contributed by atoms with E-state index in [1.165, 1.54) is 75.8 Å². The Balaban J connectivity index is 0.000000425. The van der Waals surface area contributed by atoms with Gasteiger partial charge in [0, 0.05) is 11.5 Å². The molecule has 0 saturated carbocycles. The molecular formula is C18H31BrN2O. The summed E-state index contributed by atoms with van der Waals surface area (Å²) in [7, 11) is 0. The van der Waals surface area contributed by atoms with Crippen LogP contribution in [0.1, 0.15) is 76.8 Å². The van der Waals surface area contributed by atoms with Crippen molar-refractivity contribution in [3.63, 3.8) is 0 Å². The fraction of sp³-hybridized carbons (Fsp3) is 0.667. The highest BCUT2D eigenvalue weighted by atomic mass is 79.9. The summed E-state index contributed by atoms with van der Waals surface area (Å²) in [6.07, 6.45) is 17.2. The second kappa shape index (κ2) is 18.1. The van der Waals surface area contributed by atoms with E-state index >= 15 is 0 Å². The molecule has 22 heavy (non-hydrogen) atoms. The van der Waals surface area contributed by atoms with Crippen LogP contribution < -0.4 is 0 Å². The molecule has 3 nitrogen and oxygen atoms in total. The molecule has 0 atom stereocenters. The van der Waals surface area contributed by atoms with Crippen LogP contribution in [0.5, 0.6) is 0 Å². The van der Waals surface area contributed by atoms with Gasteiger partial charge in [-0.2, -0.15) is 0 Å². The van der Waals surface area contributed by atoms with E-state index in [9.17, 15) is 0 Å². The van der Waals surface area contributed by atoms with Crippen LogP contribution in [-0.2, 0) is 0 Å². The number of hydrogen-bond donors (Lipinski definition) is 1. The van der Waals surface area contributed by atoms with Gasteiger partial charge in [0.2, 0.25) is 0 Å². The predicted octanol–water partition coefficient (Wildman–Crippen LogP) is 6.19. The van der Waals surface area contributed by atoms with Gasteiger partial charge in [-0.1, -0.05) is 91.9 Å². The zero-order chi connectivity index (χ0) is 16.3. The van der Waals surface area contributed by atoms with E-state index in [1.54, 1.807) is 18.3 Å². The Hall–Kier alpha value is -0.900. The summed E-state index contributed by atoms with van der Waals surface area (Å²) in [5.74, 6) is 0. The van der Waals surface area contributed by atoms with Crippen LogP contribution in [0.4, 0.5) is 0 Å². The monoisotopic (exact) mass is 370 g/mol. The number of halogens is 1. The first-order valence-corrected chi connectivity index (χ1v) is 9.61. The van der Waals surface area contributed by atoms with Gasteiger partial charge in [-0.05, 0) is 18.6 Å². The highest BCUT2D eigenvalue weighted by Gasteiger charge is 1.91. The van der Waals surface area contributed by atoms with Gasteiger partial charge in [-0.25, -0.2) is 0 Å². The molecular weight excluding hydrogens is 340 g/mol. The van der Waals surface area contributed by atoms with Gasteiger partial charge in [0.25, 0.3) is 0 Å². The summed E-state index contributed by atoms with van der Waals surface area (Å²) in [6, 6.07) is 5.37. The topological polar surface area (TPSA) is 45.5 Å². The third-order valence-corrected chi connectivity index (χ3v) is 3.93. The molecule has 1 rings (SSSR count). The zero-order valence-corrected chi connectivity index (χ0v) is 15.5. The lowest BCUT2D eigenvalue weighted by molar-refractivity contribution is 0.321. The van der Waals surface area contributed by atoms with E-state index in [1.807, 2.05) is 6.07 Å². The molecule has 0 radical (unpaired) electrons. The van der Waals surface area contributed by atoms with Gasteiger partial charge in [0.05, 0.1) is 11.9 Å². The third-order valence-electron chi connectivity index (χ3n) is 3.36.